The lowest BCUT2D eigenvalue weighted by atomic mass is 10.0. The summed E-state index contributed by atoms with van der Waals surface area (Å²) in [6, 6.07) is 2.61. The van der Waals surface area contributed by atoms with Crippen LogP contribution in [0.15, 0.2) is 18.2 Å². The van der Waals surface area contributed by atoms with Gasteiger partial charge >= 0.3 is 0 Å². The highest BCUT2D eigenvalue weighted by atomic mass is 19.3. The molecule has 2 atom stereocenters. The van der Waals surface area contributed by atoms with Crippen molar-refractivity contribution in [3.63, 3.8) is 0 Å². The second kappa shape index (κ2) is 10.2. The molecule has 13 heteroatoms. The van der Waals surface area contributed by atoms with Crippen LogP contribution < -0.4 is 10.6 Å². The molecule has 7 nitrogen and oxygen atoms in total. The molecule has 1 aliphatic carbocycles. The van der Waals surface area contributed by atoms with E-state index in [9.17, 15) is 26.7 Å². The number of nitrogens with one attached hydrogen (secondary N) is 2. The fraction of sp³-hybridized carbons (Fsp3) is 0.522. The molecule has 2 fully saturated rings. The molecule has 1 amide bonds. The fourth-order valence-corrected chi connectivity index (χ4v) is 3.98. The summed E-state index contributed by atoms with van der Waals surface area (Å²) in [7, 11) is 0. The third-order valence-corrected chi connectivity index (χ3v) is 6.11. The lowest BCUT2D eigenvalue weighted by Gasteiger charge is -2.24. The van der Waals surface area contributed by atoms with Crippen LogP contribution in [0.5, 0.6) is 0 Å². The third kappa shape index (κ3) is 5.12. The quantitative estimate of drug-likeness (QED) is 0.455. The Labute approximate surface area is 202 Å². The first-order chi connectivity index (χ1) is 17.0. The van der Waals surface area contributed by atoms with E-state index in [-0.39, 0.29) is 48.8 Å². The summed E-state index contributed by atoms with van der Waals surface area (Å²) in [5.41, 5.74) is -3.23. The highest BCUT2D eigenvalue weighted by molar-refractivity contribution is 5.83. The number of halogens is 6. The summed E-state index contributed by atoms with van der Waals surface area (Å²) < 4.78 is 94.0. The first-order valence-electron chi connectivity index (χ1n) is 11.2. The maximum absolute atomic E-state index is 15.5. The Morgan fingerprint density at radius 2 is 1.72 bits per heavy atom. The van der Waals surface area contributed by atoms with E-state index in [1.165, 1.54) is 26.0 Å². The summed E-state index contributed by atoms with van der Waals surface area (Å²) in [6.45, 7) is 3.15. The molecular weight excluding hydrogens is 494 g/mol. The monoisotopic (exact) mass is 518 g/mol. The van der Waals surface area contributed by atoms with Gasteiger partial charge in [0.25, 0.3) is 18.8 Å². The highest BCUT2D eigenvalue weighted by Crippen LogP contribution is 2.42. The van der Waals surface area contributed by atoms with E-state index in [0.717, 1.165) is 6.07 Å². The summed E-state index contributed by atoms with van der Waals surface area (Å²) >= 11 is 0. The Bertz CT molecular complexity index is 1130. The van der Waals surface area contributed by atoms with Crippen molar-refractivity contribution in [2.24, 2.45) is 0 Å². The summed E-state index contributed by atoms with van der Waals surface area (Å²) in [5.74, 6) is -2.49. The molecule has 0 spiro atoms. The molecule has 0 bridgehead atoms. The van der Waals surface area contributed by atoms with Crippen LogP contribution in [0.1, 0.15) is 72.9 Å². The Hall–Kier alpha value is -2.93. The van der Waals surface area contributed by atoms with E-state index < -0.39 is 59.9 Å². The third-order valence-electron chi connectivity index (χ3n) is 6.11. The molecule has 1 aromatic carbocycles. The lowest BCUT2D eigenvalue weighted by Crippen LogP contribution is -2.44. The molecule has 0 radical (unpaired) electrons. The molecule has 1 saturated carbocycles. The second-order valence-corrected chi connectivity index (χ2v) is 8.72. The van der Waals surface area contributed by atoms with Gasteiger partial charge in [0.05, 0.1) is 36.1 Å². The van der Waals surface area contributed by atoms with Gasteiger partial charge in [0.15, 0.2) is 6.29 Å². The number of aromatic nitrogens is 2. The van der Waals surface area contributed by atoms with Gasteiger partial charge in [0.1, 0.15) is 23.0 Å². The van der Waals surface area contributed by atoms with Crippen molar-refractivity contribution in [3.05, 3.63) is 52.2 Å². The first-order valence-corrected chi connectivity index (χ1v) is 11.2. The number of ether oxygens (including phenoxy) is 2. The van der Waals surface area contributed by atoms with Crippen LogP contribution in [0.3, 0.4) is 0 Å². The molecule has 2 aromatic rings. The van der Waals surface area contributed by atoms with E-state index in [2.05, 4.69) is 20.6 Å². The number of alkyl halides is 5. The number of carbonyl (C=O) groups excluding carboxylic acids is 1. The van der Waals surface area contributed by atoms with E-state index >= 15 is 4.39 Å². The van der Waals surface area contributed by atoms with Crippen LogP contribution in [0.2, 0.25) is 0 Å². The van der Waals surface area contributed by atoms with Crippen LogP contribution in [-0.2, 0) is 14.3 Å². The smallest absolute Gasteiger partial charge is 0.266 e. The van der Waals surface area contributed by atoms with Crippen LogP contribution >= 0.6 is 0 Å². The van der Waals surface area contributed by atoms with Crippen LogP contribution in [-0.4, -0.2) is 41.1 Å². The Balaban J connectivity index is 1.70. The van der Waals surface area contributed by atoms with Gasteiger partial charge in [-0.1, -0.05) is 18.2 Å². The van der Waals surface area contributed by atoms with E-state index in [0.29, 0.717) is 0 Å². The van der Waals surface area contributed by atoms with Gasteiger partial charge in [-0.3, -0.25) is 4.79 Å². The van der Waals surface area contributed by atoms with Crippen molar-refractivity contribution in [1.29, 1.82) is 0 Å². The zero-order chi connectivity index (χ0) is 26.2. The van der Waals surface area contributed by atoms with Crippen molar-refractivity contribution in [2.75, 3.05) is 18.5 Å². The topological polar surface area (TPSA) is 85.4 Å². The van der Waals surface area contributed by atoms with E-state index in [4.69, 9.17) is 9.47 Å². The molecule has 2 aliphatic rings. The second-order valence-electron chi connectivity index (χ2n) is 8.72. The molecule has 2 N–H and O–H groups in total. The largest absolute Gasteiger partial charge is 0.363 e. The van der Waals surface area contributed by atoms with Crippen molar-refractivity contribution >= 4 is 11.7 Å². The van der Waals surface area contributed by atoms with E-state index in [1.54, 1.807) is 0 Å². The molecule has 4 rings (SSSR count). The molecule has 1 aliphatic heterocycles. The van der Waals surface area contributed by atoms with Crippen LogP contribution in [0, 0.1) is 12.7 Å². The van der Waals surface area contributed by atoms with Gasteiger partial charge in [-0.15, -0.1) is 0 Å². The van der Waals surface area contributed by atoms with Gasteiger partial charge in [-0.05, 0) is 26.7 Å². The number of anilines is 1. The summed E-state index contributed by atoms with van der Waals surface area (Å²) in [6.07, 6.45) is -9.54. The molecule has 1 saturated heterocycles. The number of hydrogen-bond acceptors (Lipinski definition) is 6. The Morgan fingerprint density at radius 1 is 1.08 bits per heavy atom. The van der Waals surface area contributed by atoms with Gasteiger partial charge in [0.2, 0.25) is 6.17 Å². The highest BCUT2D eigenvalue weighted by Gasteiger charge is 2.53. The first kappa shape index (κ1) is 26.1. The maximum atomic E-state index is 15.5. The minimum Gasteiger partial charge on any atom is -0.363 e. The van der Waals surface area contributed by atoms with Gasteiger partial charge in [-0.2, -0.15) is 0 Å². The number of aryl methyl sites for hydroxylation is 1. The predicted molar refractivity (Wildman–Crippen MR) is 115 cm³/mol. The Kier molecular flexibility index (Phi) is 7.41. The normalized spacial score (nSPS) is 18.9. The molecule has 36 heavy (non-hydrogen) atoms. The zero-order valence-corrected chi connectivity index (χ0v) is 19.3. The molecule has 196 valence electrons. The molecule has 1 aromatic heterocycles. The number of carbonyl (C=O) groups is 1. The minimum absolute atomic E-state index is 0.00805. The van der Waals surface area contributed by atoms with E-state index in [1.807, 2.05) is 0 Å². The fourth-order valence-electron chi connectivity index (χ4n) is 3.98. The van der Waals surface area contributed by atoms with Gasteiger partial charge in [-0.25, -0.2) is 36.3 Å². The average molecular weight is 518 g/mol. The minimum atomic E-state index is -3.03. The van der Waals surface area contributed by atoms with Crippen molar-refractivity contribution < 1.29 is 40.6 Å². The maximum Gasteiger partial charge on any atom is 0.266 e. The molecular formula is C23H24F6N4O3. The van der Waals surface area contributed by atoms with Crippen LogP contribution in [0.4, 0.5) is 32.2 Å². The zero-order valence-electron chi connectivity index (χ0n) is 19.3. The summed E-state index contributed by atoms with van der Waals surface area (Å²) in [5, 5.41) is 4.92. The van der Waals surface area contributed by atoms with Crippen LogP contribution in [0.25, 0.3) is 0 Å². The predicted octanol–water partition coefficient (Wildman–Crippen LogP) is 5.00. The number of hydrogen-bond donors (Lipinski definition) is 2. The lowest BCUT2D eigenvalue weighted by molar-refractivity contribution is -0.128. The number of benzene rings is 1. The molecule has 1 unspecified atom stereocenters. The average Bonchev–Trinajstić information content (AvgIpc) is 3.41. The SMILES string of the molecule is Cc1nc(N[C@H](C)c2cccc(C(F)F)c2F)c(C2OCCO2)c(C(F)C(=O)NC2(C(F)F)CC2)n1. The molecule has 2 heterocycles. The number of nitrogens with zero attached hydrogens (tertiary/aromatic N) is 2. The van der Waals surface area contributed by atoms with Crippen molar-refractivity contribution in [2.45, 2.75) is 63.6 Å². The van der Waals surface area contributed by atoms with Crippen molar-refractivity contribution in [1.82, 2.24) is 15.3 Å². The standard InChI is InChI=1S/C23H24F6N4O3/c1-10(12-4-3-5-13(15(12)24)18(26)27)30-19-14(21-35-8-9-36-21)17(31-11(2)32-19)16(25)20(34)33-23(6-7-23)22(28)29/h3-5,10,16,18,21-22H,6-9H2,1-2H3,(H,33,34)(H,30,31,32)/t10-,16?/m1/s1. The van der Waals surface area contributed by atoms with Crippen molar-refractivity contribution in [3.8, 4) is 0 Å². The Morgan fingerprint density at radius 3 is 2.31 bits per heavy atom. The number of amides is 1. The van der Waals surface area contributed by atoms with Gasteiger partial charge < -0.3 is 20.1 Å². The summed E-state index contributed by atoms with van der Waals surface area (Å²) in [4.78, 5) is 20.8. The number of rotatable bonds is 9. The van der Waals surface area contributed by atoms with Gasteiger partial charge in [0, 0.05) is 5.56 Å².